The summed E-state index contributed by atoms with van der Waals surface area (Å²) in [4.78, 5) is 8.04. The van der Waals surface area contributed by atoms with Crippen LogP contribution in [0.4, 0.5) is 10.3 Å². The predicted octanol–water partition coefficient (Wildman–Crippen LogP) is 2.92. The number of halogens is 1. The Morgan fingerprint density at radius 1 is 1.28 bits per heavy atom. The Hall–Kier alpha value is -2.43. The largest absolute Gasteiger partial charge is 0.454 e. The molecule has 0 amide bonds. The van der Waals surface area contributed by atoms with E-state index in [1.165, 1.54) is 12.1 Å². The van der Waals surface area contributed by atoms with Gasteiger partial charge in [-0.2, -0.15) is 0 Å². The van der Waals surface area contributed by atoms with Crippen LogP contribution in [0.25, 0.3) is 22.4 Å². The van der Waals surface area contributed by atoms with E-state index in [0.717, 1.165) is 5.56 Å². The first-order valence-electron chi connectivity index (χ1n) is 5.42. The van der Waals surface area contributed by atoms with Crippen LogP contribution in [0.1, 0.15) is 5.56 Å². The molecule has 0 aliphatic heterocycles. The molecular weight excluding hydrogens is 233 g/mol. The number of benzene rings is 1. The first-order chi connectivity index (χ1) is 8.63. The van der Waals surface area contributed by atoms with Crippen LogP contribution in [0.2, 0.25) is 0 Å². The summed E-state index contributed by atoms with van der Waals surface area (Å²) in [6.07, 6.45) is 1.63. The number of nitrogens with two attached hydrogens (primary N) is 1. The summed E-state index contributed by atoms with van der Waals surface area (Å²) >= 11 is 0. The van der Waals surface area contributed by atoms with Crippen LogP contribution < -0.4 is 5.73 Å². The predicted molar refractivity (Wildman–Crippen MR) is 66.3 cm³/mol. The maximum absolute atomic E-state index is 13.1. The minimum atomic E-state index is -0.297. The molecule has 2 N–H and O–H groups in total. The van der Waals surface area contributed by atoms with E-state index in [2.05, 4.69) is 9.97 Å². The number of hydrogen-bond acceptors (Lipinski definition) is 4. The highest BCUT2D eigenvalue weighted by Gasteiger charge is 2.11. The molecule has 90 valence electrons. The molecule has 18 heavy (non-hydrogen) atoms. The average Bonchev–Trinajstić information content (AvgIpc) is 2.74. The van der Waals surface area contributed by atoms with Gasteiger partial charge < -0.3 is 10.2 Å². The number of nitrogen functional groups attached to an aromatic ring is 1. The third kappa shape index (κ3) is 1.69. The smallest absolute Gasteiger partial charge is 0.220 e. The van der Waals surface area contributed by atoms with Gasteiger partial charge in [0.2, 0.25) is 5.95 Å². The molecule has 0 radical (unpaired) electrons. The lowest BCUT2D eigenvalue weighted by atomic mass is 10.2. The molecule has 0 aliphatic carbocycles. The number of furan rings is 1. The van der Waals surface area contributed by atoms with E-state index in [4.69, 9.17) is 10.2 Å². The van der Waals surface area contributed by atoms with Crippen molar-refractivity contribution in [2.45, 2.75) is 6.92 Å². The molecule has 0 saturated carbocycles. The number of fused-ring (bicyclic) bond motifs is 1. The molecule has 0 fully saturated rings. The standard InChI is InChI=1S/C13H10FN3O/c1-7-6-16-13(15)17-12(7)11-5-8-4-9(14)2-3-10(8)18-11/h2-6H,1H3,(H2,15,16,17). The van der Waals surface area contributed by atoms with E-state index in [-0.39, 0.29) is 11.8 Å². The zero-order valence-electron chi connectivity index (χ0n) is 9.64. The summed E-state index contributed by atoms with van der Waals surface area (Å²) in [5, 5.41) is 0.696. The van der Waals surface area contributed by atoms with Crippen molar-refractivity contribution in [3.05, 3.63) is 41.8 Å². The van der Waals surface area contributed by atoms with Crippen molar-refractivity contribution >= 4 is 16.9 Å². The van der Waals surface area contributed by atoms with Crippen LogP contribution in [0.15, 0.2) is 34.9 Å². The average molecular weight is 243 g/mol. The van der Waals surface area contributed by atoms with Crippen molar-refractivity contribution in [2.75, 3.05) is 5.73 Å². The van der Waals surface area contributed by atoms with Gasteiger partial charge in [0.05, 0.1) is 0 Å². The van der Waals surface area contributed by atoms with Gasteiger partial charge in [-0.15, -0.1) is 0 Å². The van der Waals surface area contributed by atoms with Crippen LogP contribution >= 0.6 is 0 Å². The summed E-state index contributed by atoms with van der Waals surface area (Å²) in [6.45, 7) is 1.86. The molecule has 5 heteroatoms. The summed E-state index contributed by atoms with van der Waals surface area (Å²) in [5.74, 6) is 0.443. The highest BCUT2D eigenvalue weighted by atomic mass is 19.1. The highest BCUT2D eigenvalue weighted by molar-refractivity contribution is 5.82. The van der Waals surface area contributed by atoms with E-state index in [1.54, 1.807) is 18.3 Å². The van der Waals surface area contributed by atoms with Gasteiger partial charge in [0.25, 0.3) is 0 Å². The lowest BCUT2D eigenvalue weighted by Crippen LogP contribution is -1.97. The Morgan fingerprint density at radius 2 is 2.11 bits per heavy atom. The number of aromatic nitrogens is 2. The van der Waals surface area contributed by atoms with Crippen LogP contribution in [0.3, 0.4) is 0 Å². The minimum Gasteiger partial charge on any atom is -0.454 e. The summed E-state index contributed by atoms with van der Waals surface area (Å²) in [7, 11) is 0. The third-order valence-corrected chi connectivity index (χ3v) is 2.70. The molecule has 0 spiro atoms. The van der Waals surface area contributed by atoms with Crippen molar-refractivity contribution in [1.29, 1.82) is 0 Å². The summed E-state index contributed by atoms with van der Waals surface area (Å²) in [5.41, 5.74) is 7.65. The normalized spacial score (nSPS) is 11.0. The van der Waals surface area contributed by atoms with Gasteiger partial charge in [-0.1, -0.05) is 0 Å². The second-order valence-electron chi connectivity index (χ2n) is 4.05. The van der Waals surface area contributed by atoms with Crippen LogP contribution in [-0.4, -0.2) is 9.97 Å². The van der Waals surface area contributed by atoms with E-state index >= 15 is 0 Å². The highest BCUT2D eigenvalue weighted by Crippen LogP contribution is 2.28. The summed E-state index contributed by atoms with van der Waals surface area (Å²) < 4.78 is 18.7. The molecule has 3 rings (SSSR count). The van der Waals surface area contributed by atoms with Crippen molar-refractivity contribution in [3.8, 4) is 11.5 Å². The zero-order chi connectivity index (χ0) is 12.7. The minimum absolute atomic E-state index is 0.183. The molecule has 2 heterocycles. The molecule has 1 aromatic carbocycles. The molecular formula is C13H10FN3O. The topological polar surface area (TPSA) is 64.9 Å². The monoisotopic (exact) mass is 243 g/mol. The van der Waals surface area contributed by atoms with E-state index < -0.39 is 0 Å². The lowest BCUT2D eigenvalue weighted by Gasteiger charge is -2.00. The second kappa shape index (κ2) is 3.80. The molecule has 2 aromatic heterocycles. The molecule has 4 nitrogen and oxygen atoms in total. The number of hydrogen-bond donors (Lipinski definition) is 1. The number of rotatable bonds is 1. The van der Waals surface area contributed by atoms with Gasteiger partial charge in [0, 0.05) is 11.6 Å². The fraction of sp³-hybridized carbons (Fsp3) is 0.0769. The molecule has 0 saturated heterocycles. The van der Waals surface area contributed by atoms with Crippen LogP contribution in [0.5, 0.6) is 0 Å². The fourth-order valence-corrected chi connectivity index (χ4v) is 1.84. The summed E-state index contributed by atoms with van der Waals surface area (Å²) in [6, 6.07) is 6.11. The Kier molecular flexibility index (Phi) is 2.26. The maximum Gasteiger partial charge on any atom is 0.220 e. The lowest BCUT2D eigenvalue weighted by molar-refractivity contribution is 0.617. The van der Waals surface area contributed by atoms with Gasteiger partial charge in [0.15, 0.2) is 5.76 Å². The SMILES string of the molecule is Cc1cnc(N)nc1-c1cc2cc(F)ccc2o1. The maximum atomic E-state index is 13.1. The molecule has 0 atom stereocenters. The van der Waals surface area contributed by atoms with Crippen molar-refractivity contribution in [1.82, 2.24) is 9.97 Å². The van der Waals surface area contributed by atoms with Gasteiger partial charge in [0.1, 0.15) is 17.1 Å². The van der Waals surface area contributed by atoms with Gasteiger partial charge in [-0.05, 0) is 36.8 Å². The van der Waals surface area contributed by atoms with Gasteiger partial charge in [-0.3, -0.25) is 0 Å². The van der Waals surface area contributed by atoms with Gasteiger partial charge >= 0.3 is 0 Å². The quantitative estimate of drug-likeness (QED) is 0.713. The Labute approximate surface area is 102 Å². The Morgan fingerprint density at radius 3 is 2.94 bits per heavy atom. The third-order valence-electron chi connectivity index (χ3n) is 2.70. The van der Waals surface area contributed by atoms with Gasteiger partial charge in [-0.25, -0.2) is 14.4 Å². The van der Waals surface area contributed by atoms with E-state index in [9.17, 15) is 4.39 Å². The van der Waals surface area contributed by atoms with Crippen molar-refractivity contribution < 1.29 is 8.81 Å². The van der Waals surface area contributed by atoms with Crippen LogP contribution in [-0.2, 0) is 0 Å². The number of aryl methyl sites for hydroxylation is 1. The molecule has 0 aliphatic rings. The molecule has 0 bridgehead atoms. The van der Waals surface area contributed by atoms with Crippen LogP contribution in [0, 0.1) is 12.7 Å². The number of nitrogens with zero attached hydrogens (tertiary/aromatic N) is 2. The fourth-order valence-electron chi connectivity index (χ4n) is 1.84. The number of anilines is 1. The zero-order valence-corrected chi connectivity index (χ0v) is 9.64. The molecule has 3 aromatic rings. The van der Waals surface area contributed by atoms with E-state index in [0.29, 0.717) is 22.4 Å². The molecule has 0 unspecified atom stereocenters. The van der Waals surface area contributed by atoms with Crippen molar-refractivity contribution in [2.24, 2.45) is 0 Å². The Bertz CT molecular complexity index is 736. The van der Waals surface area contributed by atoms with E-state index in [1.807, 2.05) is 6.92 Å². The van der Waals surface area contributed by atoms with Crippen molar-refractivity contribution in [3.63, 3.8) is 0 Å². The second-order valence-corrected chi connectivity index (χ2v) is 4.05. The first-order valence-corrected chi connectivity index (χ1v) is 5.42. The Balaban J connectivity index is 2.22. The first kappa shape index (κ1) is 10.7.